The number of pyridine rings is 1. The molecular formula is C13H11BrN2O4. The van der Waals surface area contributed by atoms with E-state index in [0.29, 0.717) is 11.3 Å². The Kier molecular flexibility index (Phi) is 4.31. The van der Waals surface area contributed by atoms with Gasteiger partial charge in [-0.15, -0.1) is 0 Å². The average Bonchev–Trinajstić information content (AvgIpc) is 2.41. The molecule has 20 heavy (non-hydrogen) atoms. The van der Waals surface area contributed by atoms with Gasteiger partial charge >= 0.3 is 0 Å². The van der Waals surface area contributed by atoms with Crippen molar-refractivity contribution in [3.05, 3.63) is 56.7 Å². The minimum Gasteiger partial charge on any atom is -0.438 e. The normalized spacial score (nSPS) is 11.9. The summed E-state index contributed by atoms with van der Waals surface area (Å²) in [6, 6.07) is 7.77. The van der Waals surface area contributed by atoms with Gasteiger partial charge in [-0.3, -0.25) is 10.1 Å². The van der Waals surface area contributed by atoms with E-state index < -0.39 is 11.0 Å². The smallest absolute Gasteiger partial charge is 0.287 e. The van der Waals surface area contributed by atoms with Crippen LogP contribution in [0.25, 0.3) is 0 Å². The molecule has 1 atom stereocenters. The van der Waals surface area contributed by atoms with Gasteiger partial charge in [0.05, 0.1) is 11.0 Å². The topological polar surface area (TPSA) is 85.5 Å². The fraction of sp³-hybridized carbons (Fsp3) is 0.154. The molecule has 1 heterocycles. The number of ether oxygens (including phenoxy) is 1. The molecule has 1 aromatic heterocycles. The first-order chi connectivity index (χ1) is 9.49. The van der Waals surface area contributed by atoms with Gasteiger partial charge in [0, 0.05) is 18.3 Å². The van der Waals surface area contributed by atoms with Gasteiger partial charge in [-0.1, -0.05) is 6.07 Å². The molecule has 1 N–H and O–H groups in total. The Morgan fingerprint density at radius 3 is 2.70 bits per heavy atom. The van der Waals surface area contributed by atoms with E-state index in [1.165, 1.54) is 18.3 Å². The van der Waals surface area contributed by atoms with E-state index in [-0.39, 0.29) is 16.0 Å². The van der Waals surface area contributed by atoms with E-state index in [1.54, 1.807) is 25.1 Å². The number of aliphatic hydroxyl groups excluding tert-OH is 1. The molecule has 0 bridgehead atoms. The fourth-order valence-electron chi connectivity index (χ4n) is 1.53. The molecule has 0 fully saturated rings. The molecule has 0 saturated carbocycles. The fourth-order valence-corrected chi connectivity index (χ4v) is 2.02. The lowest BCUT2D eigenvalue weighted by molar-refractivity contribution is -0.385. The minimum atomic E-state index is -0.610. The predicted molar refractivity (Wildman–Crippen MR) is 75.7 cm³/mol. The number of hydrogen-bond donors (Lipinski definition) is 1. The number of halogens is 1. The van der Waals surface area contributed by atoms with Crippen molar-refractivity contribution < 1.29 is 14.8 Å². The first-order valence-corrected chi connectivity index (χ1v) is 6.53. The Morgan fingerprint density at radius 2 is 2.15 bits per heavy atom. The van der Waals surface area contributed by atoms with Crippen molar-refractivity contribution >= 4 is 21.6 Å². The Morgan fingerprint density at radius 1 is 1.40 bits per heavy atom. The van der Waals surface area contributed by atoms with E-state index in [4.69, 9.17) is 4.74 Å². The number of aromatic nitrogens is 1. The monoisotopic (exact) mass is 338 g/mol. The van der Waals surface area contributed by atoms with E-state index in [0.717, 1.165) is 0 Å². The van der Waals surface area contributed by atoms with Crippen LogP contribution < -0.4 is 4.74 Å². The summed E-state index contributed by atoms with van der Waals surface area (Å²) < 4.78 is 5.75. The molecule has 0 aliphatic heterocycles. The summed E-state index contributed by atoms with van der Waals surface area (Å²) in [6.07, 6.45) is 0.881. The second-order valence-electron chi connectivity index (χ2n) is 4.05. The van der Waals surface area contributed by atoms with Gasteiger partial charge in [0.1, 0.15) is 4.47 Å². The number of hydrogen-bond acceptors (Lipinski definition) is 5. The van der Waals surface area contributed by atoms with Crippen LogP contribution in [0.1, 0.15) is 18.6 Å². The first kappa shape index (κ1) is 14.4. The molecule has 1 aromatic carbocycles. The van der Waals surface area contributed by atoms with Gasteiger partial charge in [0.2, 0.25) is 5.88 Å². The molecule has 0 radical (unpaired) electrons. The highest BCUT2D eigenvalue weighted by atomic mass is 79.9. The summed E-state index contributed by atoms with van der Waals surface area (Å²) in [7, 11) is 0. The lowest BCUT2D eigenvalue weighted by atomic mass is 10.2. The van der Waals surface area contributed by atoms with Crippen molar-refractivity contribution in [1.82, 2.24) is 4.98 Å². The third kappa shape index (κ3) is 3.12. The molecule has 0 saturated heterocycles. The van der Waals surface area contributed by atoms with Crippen molar-refractivity contribution in [2.75, 3.05) is 0 Å². The molecule has 2 aromatic rings. The molecule has 6 nitrogen and oxygen atoms in total. The Hall–Kier alpha value is -1.99. The lowest BCUT2D eigenvalue weighted by Gasteiger charge is -2.08. The van der Waals surface area contributed by atoms with Gasteiger partial charge in [-0.2, -0.15) is 0 Å². The van der Waals surface area contributed by atoms with Crippen LogP contribution in [-0.4, -0.2) is 15.0 Å². The highest BCUT2D eigenvalue weighted by Gasteiger charge is 2.16. The zero-order valence-electron chi connectivity index (χ0n) is 10.5. The standard InChI is InChI=1S/C13H11BrN2O4/c1-8(17)9-5-6-12(15-7-9)20-11-4-2-3-10(13(11)14)16(18)19/h2-8,17H,1H3. The van der Waals surface area contributed by atoms with Crippen LogP contribution >= 0.6 is 15.9 Å². The van der Waals surface area contributed by atoms with Crippen LogP contribution in [0.5, 0.6) is 11.6 Å². The second-order valence-corrected chi connectivity index (χ2v) is 4.85. The van der Waals surface area contributed by atoms with Crippen LogP contribution in [0, 0.1) is 10.1 Å². The van der Waals surface area contributed by atoms with Gasteiger partial charge < -0.3 is 9.84 Å². The third-order valence-electron chi connectivity index (χ3n) is 2.60. The summed E-state index contributed by atoms with van der Waals surface area (Å²) in [5.74, 6) is 0.590. The molecule has 0 aliphatic carbocycles. The van der Waals surface area contributed by atoms with Gasteiger partial charge in [-0.05, 0) is 40.5 Å². The summed E-state index contributed by atoms with van der Waals surface area (Å²) >= 11 is 3.14. The third-order valence-corrected chi connectivity index (χ3v) is 3.39. The SMILES string of the molecule is CC(O)c1ccc(Oc2cccc([N+](=O)[O-])c2Br)nc1. The number of nitrogens with zero attached hydrogens (tertiary/aromatic N) is 2. The quantitative estimate of drug-likeness (QED) is 0.679. The van der Waals surface area contributed by atoms with E-state index in [9.17, 15) is 15.2 Å². The maximum atomic E-state index is 10.8. The van der Waals surface area contributed by atoms with Crippen molar-refractivity contribution in [1.29, 1.82) is 0 Å². The Labute approximate surface area is 123 Å². The molecule has 7 heteroatoms. The molecule has 104 valence electrons. The number of nitro benzene ring substituents is 1. The van der Waals surface area contributed by atoms with Crippen molar-refractivity contribution in [3.8, 4) is 11.6 Å². The first-order valence-electron chi connectivity index (χ1n) is 5.74. The molecule has 0 spiro atoms. The van der Waals surface area contributed by atoms with E-state index >= 15 is 0 Å². The highest BCUT2D eigenvalue weighted by Crippen LogP contribution is 2.35. The second kappa shape index (κ2) is 5.98. The van der Waals surface area contributed by atoms with E-state index in [2.05, 4.69) is 20.9 Å². The van der Waals surface area contributed by atoms with Gasteiger partial charge in [0.25, 0.3) is 5.69 Å². The van der Waals surface area contributed by atoms with Crippen molar-refractivity contribution in [3.63, 3.8) is 0 Å². The van der Waals surface area contributed by atoms with Crippen molar-refractivity contribution in [2.24, 2.45) is 0 Å². The van der Waals surface area contributed by atoms with Crippen LogP contribution in [0.3, 0.4) is 0 Å². The highest BCUT2D eigenvalue weighted by molar-refractivity contribution is 9.10. The van der Waals surface area contributed by atoms with Gasteiger partial charge in [-0.25, -0.2) is 4.98 Å². The maximum Gasteiger partial charge on any atom is 0.287 e. The summed E-state index contributed by atoms with van der Waals surface area (Å²) in [5, 5.41) is 20.2. The molecule has 1 unspecified atom stereocenters. The van der Waals surface area contributed by atoms with Crippen LogP contribution in [0.15, 0.2) is 41.0 Å². The van der Waals surface area contributed by atoms with E-state index in [1.807, 2.05) is 0 Å². The molecule has 0 amide bonds. The molecular weight excluding hydrogens is 328 g/mol. The minimum absolute atomic E-state index is 0.0805. The molecule has 0 aliphatic rings. The molecule has 2 rings (SSSR count). The van der Waals surface area contributed by atoms with Crippen LogP contribution in [-0.2, 0) is 0 Å². The summed E-state index contributed by atoms with van der Waals surface area (Å²) in [4.78, 5) is 14.4. The zero-order chi connectivity index (χ0) is 14.7. The van der Waals surface area contributed by atoms with Crippen LogP contribution in [0.2, 0.25) is 0 Å². The number of rotatable bonds is 4. The maximum absolute atomic E-state index is 10.8. The Balaban J connectivity index is 2.26. The lowest BCUT2D eigenvalue weighted by Crippen LogP contribution is -1.95. The summed E-state index contributed by atoms with van der Waals surface area (Å²) in [5.41, 5.74) is 0.582. The Bertz CT molecular complexity index is 629. The average molecular weight is 339 g/mol. The number of aliphatic hydroxyl groups is 1. The number of benzene rings is 1. The zero-order valence-corrected chi connectivity index (χ0v) is 12.1. The largest absolute Gasteiger partial charge is 0.438 e. The van der Waals surface area contributed by atoms with Crippen molar-refractivity contribution in [2.45, 2.75) is 13.0 Å². The van der Waals surface area contributed by atoms with Crippen LogP contribution in [0.4, 0.5) is 5.69 Å². The predicted octanol–water partition coefficient (Wildman–Crippen LogP) is 3.60. The number of nitro groups is 1. The van der Waals surface area contributed by atoms with Gasteiger partial charge in [0.15, 0.2) is 5.75 Å². The summed E-state index contributed by atoms with van der Waals surface area (Å²) in [6.45, 7) is 1.63.